The molecule has 21 heavy (non-hydrogen) atoms. The molecule has 2 aromatic rings. The Hall–Kier alpha value is -1.64. The van der Waals surface area contributed by atoms with Gasteiger partial charge in [-0.05, 0) is 30.9 Å². The van der Waals surface area contributed by atoms with Gasteiger partial charge < -0.3 is 0 Å². The van der Waals surface area contributed by atoms with Crippen LogP contribution in [-0.4, -0.2) is 0 Å². The molecule has 110 valence electrons. The lowest BCUT2D eigenvalue weighted by Crippen LogP contribution is -2.43. The highest BCUT2D eigenvalue weighted by Gasteiger charge is 2.42. The van der Waals surface area contributed by atoms with E-state index < -0.39 is 0 Å². The maximum absolute atomic E-state index is 6.00. The minimum Gasteiger partial charge on any atom is -0.271 e. The second-order valence-corrected chi connectivity index (χ2v) is 6.24. The number of benzene rings is 2. The zero-order valence-electron chi connectivity index (χ0n) is 12.7. The van der Waals surface area contributed by atoms with Gasteiger partial charge in [-0.15, -0.1) is 0 Å². The molecule has 1 aliphatic carbocycles. The molecule has 0 radical (unpaired) electrons. The van der Waals surface area contributed by atoms with Gasteiger partial charge in [-0.3, -0.25) is 11.3 Å². The van der Waals surface area contributed by atoms with Crippen LogP contribution in [0.5, 0.6) is 0 Å². The van der Waals surface area contributed by atoms with Crippen LogP contribution >= 0.6 is 0 Å². The normalized spacial score (nSPS) is 18.6. The molecule has 3 N–H and O–H groups in total. The molecule has 1 aliphatic rings. The summed E-state index contributed by atoms with van der Waals surface area (Å²) in [6.07, 6.45) is 4.94. The van der Waals surface area contributed by atoms with Crippen molar-refractivity contribution >= 4 is 0 Å². The number of nitrogens with two attached hydrogens (primary N) is 1. The van der Waals surface area contributed by atoms with Crippen LogP contribution in [0.3, 0.4) is 0 Å². The van der Waals surface area contributed by atoms with Gasteiger partial charge in [0.25, 0.3) is 0 Å². The third kappa shape index (κ3) is 2.61. The van der Waals surface area contributed by atoms with Crippen molar-refractivity contribution in [2.75, 3.05) is 0 Å². The fourth-order valence-corrected chi connectivity index (χ4v) is 3.85. The first-order valence-corrected chi connectivity index (χ1v) is 7.84. The Morgan fingerprint density at radius 3 is 2.14 bits per heavy atom. The van der Waals surface area contributed by atoms with Crippen LogP contribution in [0.2, 0.25) is 0 Å². The van der Waals surface area contributed by atoms with E-state index in [4.69, 9.17) is 5.84 Å². The number of nitrogens with one attached hydrogen (secondary N) is 1. The number of hydrazine groups is 1. The van der Waals surface area contributed by atoms with Gasteiger partial charge in [-0.1, -0.05) is 73.0 Å². The molecule has 1 atom stereocenters. The average molecular weight is 280 g/mol. The van der Waals surface area contributed by atoms with Crippen LogP contribution in [0.4, 0.5) is 0 Å². The van der Waals surface area contributed by atoms with Gasteiger partial charge in [0.1, 0.15) is 0 Å². The van der Waals surface area contributed by atoms with E-state index in [1.165, 1.54) is 42.4 Å². The molecule has 0 aromatic heterocycles. The van der Waals surface area contributed by atoms with E-state index in [9.17, 15) is 0 Å². The Bertz CT molecular complexity index is 568. The SMILES string of the molecule is Cc1ccc(C(NN)C2(c3ccccc3)CCCC2)cc1. The van der Waals surface area contributed by atoms with Gasteiger partial charge in [0.05, 0.1) is 6.04 Å². The quantitative estimate of drug-likeness (QED) is 0.656. The van der Waals surface area contributed by atoms with Crippen LogP contribution in [-0.2, 0) is 5.41 Å². The first-order chi connectivity index (χ1) is 10.3. The first-order valence-electron chi connectivity index (χ1n) is 7.84. The lowest BCUT2D eigenvalue weighted by molar-refractivity contribution is 0.303. The summed E-state index contributed by atoms with van der Waals surface area (Å²) in [5.41, 5.74) is 7.22. The smallest absolute Gasteiger partial charge is 0.0556 e. The number of hydrogen-bond acceptors (Lipinski definition) is 2. The fourth-order valence-electron chi connectivity index (χ4n) is 3.85. The summed E-state index contributed by atoms with van der Waals surface area (Å²) in [5, 5.41) is 0. The van der Waals surface area contributed by atoms with Crippen molar-refractivity contribution in [3.63, 3.8) is 0 Å². The third-order valence-corrected chi connectivity index (χ3v) is 4.97. The maximum Gasteiger partial charge on any atom is 0.0556 e. The van der Waals surface area contributed by atoms with Gasteiger partial charge in [0.15, 0.2) is 0 Å². The topological polar surface area (TPSA) is 38.0 Å². The Morgan fingerprint density at radius 1 is 0.952 bits per heavy atom. The third-order valence-electron chi connectivity index (χ3n) is 4.97. The second kappa shape index (κ2) is 6.00. The molecule has 1 unspecified atom stereocenters. The van der Waals surface area contributed by atoms with E-state index in [2.05, 4.69) is 66.9 Å². The van der Waals surface area contributed by atoms with E-state index in [0.29, 0.717) is 0 Å². The van der Waals surface area contributed by atoms with Crippen molar-refractivity contribution in [2.45, 2.75) is 44.1 Å². The van der Waals surface area contributed by atoms with E-state index in [-0.39, 0.29) is 11.5 Å². The molecule has 0 bridgehead atoms. The van der Waals surface area contributed by atoms with Crippen LogP contribution in [0, 0.1) is 6.92 Å². The molecule has 1 fully saturated rings. The highest BCUT2D eigenvalue weighted by atomic mass is 15.2. The summed E-state index contributed by atoms with van der Waals surface area (Å²) in [4.78, 5) is 0. The molecule has 2 nitrogen and oxygen atoms in total. The molecule has 3 rings (SSSR count). The number of hydrogen-bond donors (Lipinski definition) is 2. The molecule has 0 heterocycles. The molecule has 2 heteroatoms. The molecular formula is C19H24N2. The minimum absolute atomic E-state index is 0.116. The Kier molecular flexibility index (Phi) is 4.09. The van der Waals surface area contributed by atoms with Crippen molar-refractivity contribution in [3.8, 4) is 0 Å². The predicted octanol–water partition coefficient (Wildman–Crippen LogP) is 4.01. The zero-order valence-corrected chi connectivity index (χ0v) is 12.7. The van der Waals surface area contributed by atoms with E-state index in [0.717, 1.165) is 0 Å². The molecule has 0 aliphatic heterocycles. The van der Waals surface area contributed by atoms with Crippen molar-refractivity contribution in [1.29, 1.82) is 0 Å². The number of aryl methyl sites for hydroxylation is 1. The van der Waals surface area contributed by atoms with Crippen LogP contribution in [0.1, 0.15) is 48.4 Å². The minimum atomic E-state index is 0.116. The molecule has 0 saturated heterocycles. The van der Waals surface area contributed by atoms with E-state index in [1.807, 2.05) is 0 Å². The van der Waals surface area contributed by atoms with Crippen LogP contribution < -0.4 is 11.3 Å². The van der Waals surface area contributed by atoms with Gasteiger partial charge in [0, 0.05) is 5.41 Å². The monoisotopic (exact) mass is 280 g/mol. The van der Waals surface area contributed by atoms with Gasteiger partial charge in [-0.25, -0.2) is 0 Å². The number of rotatable bonds is 4. The van der Waals surface area contributed by atoms with Gasteiger partial charge in [-0.2, -0.15) is 0 Å². The fraction of sp³-hybridized carbons (Fsp3) is 0.368. The first kappa shape index (κ1) is 14.3. The van der Waals surface area contributed by atoms with Crippen LogP contribution in [0.15, 0.2) is 54.6 Å². The van der Waals surface area contributed by atoms with E-state index in [1.54, 1.807) is 0 Å². The average Bonchev–Trinajstić information content (AvgIpc) is 3.01. The van der Waals surface area contributed by atoms with Gasteiger partial charge >= 0.3 is 0 Å². The van der Waals surface area contributed by atoms with Crippen molar-refractivity contribution in [2.24, 2.45) is 5.84 Å². The molecule has 1 saturated carbocycles. The summed E-state index contributed by atoms with van der Waals surface area (Å²) < 4.78 is 0. The lowest BCUT2D eigenvalue weighted by atomic mass is 9.70. The Labute approximate surface area is 127 Å². The molecule has 0 amide bonds. The highest BCUT2D eigenvalue weighted by molar-refractivity contribution is 5.35. The van der Waals surface area contributed by atoms with Gasteiger partial charge in [0.2, 0.25) is 0 Å². The molecular weight excluding hydrogens is 256 g/mol. The summed E-state index contributed by atoms with van der Waals surface area (Å²) in [6.45, 7) is 2.12. The Morgan fingerprint density at radius 2 is 1.57 bits per heavy atom. The van der Waals surface area contributed by atoms with Crippen molar-refractivity contribution in [1.82, 2.24) is 5.43 Å². The van der Waals surface area contributed by atoms with Crippen molar-refractivity contribution in [3.05, 3.63) is 71.3 Å². The molecule has 0 spiro atoms. The zero-order chi connectivity index (χ0) is 14.7. The molecule has 2 aromatic carbocycles. The largest absolute Gasteiger partial charge is 0.271 e. The highest BCUT2D eigenvalue weighted by Crippen LogP contribution is 2.49. The standard InChI is InChI=1S/C19H24N2/c1-15-9-11-16(12-10-15)18(21-20)19(13-5-6-14-19)17-7-3-2-4-8-17/h2-4,7-12,18,21H,5-6,13-14,20H2,1H3. The maximum atomic E-state index is 6.00. The predicted molar refractivity (Wildman–Crippen MR) is 87.8 cm³/mol. The lowest BCUT2D eigenvalue weighted by Gasteiger charge is -2.38. The van der Waals surface area contributed by atoms with Crippen molar-refractivity contribution < 1.29 is 0 Å². The summed E-state index contributed by atoms with van der Waals surface area (Å²) in [6, 6.07) is 19.8. The second-order valence-electron chi connectivity index (χ2n) is 6.24. The summed E-state index contributed by atoms with van der Waals surface area (Å²) in [5.74, 6) is 6.00. The Balaban J connectivity index is 2.04. The summed E-state index contributed by atoms with van der Waals surface area (Å²) >= 11 is 0. The van der Waals surface area contributed by atoms with E-state index >= 15 is 0 Å². The van der Waals surface area contributed by atoms with Crippen LogP contribution in [0.25, 0.3) is 0 Å². The summed E-state index contributed by atoms with van der Waals surface area (Å²) in [7, 11) is 0.